The van der Waals surface area contributed by atoms with Gasteiger partial charge in [0.2, 0.25) is 0 Å². The van der Waals surface area contributed by atoms with Gasteiger partial charge in [-0.05, 0) is 31.4 Å². The fourth-order valence-electron chi connectivity index (χ4n) is 3.01. The maximum absolute atomic E-state index is 12.3. The topological polar surface area (TPSA) is 65.8 Å². The Morgan fingerprint density at radius 3 is 3.00 bits per heavy atom. The molecule has 0 bridgehead atoms. The van der Waals surface area contributed by atoms with E-state index in [4.69, 9.17) is 0 Å². The summed E-state index contributed by atoms with van der Waals surface area (Å²) >= 11 is 0. The van der Waals surface area contributed by atoms with E-state index in [1.165, 1.54) is 0 Å². The number of carbonyl (C=O) groups is 1. The fraction of sp³-hybridized carbons (Fsp3) is 0.312. The number of pyridine rings is 1. The van der Waals surface area contributed by atoms with Crippen molar-refractivity contribution < 1.29 is 4.79 Å². The molecule has 4 nitrogen and oxygen atoms in total. The van der Waals surface area contributed by atoms with Crippen LogP contribution in [0.4, 0.5) is 0 Å². The SMILES string of the molecule is CC1=C(C#N)[C@@H](c2cccnc2)C2=C(CCCC2=O)N1. The highest BCUT2D eigenvalue weighted by atomic mass is 16.1. The van der Waals surface area contributed by atoms with Crippen molar-refractivity contribution in [2.45, 2.75) is 32.1 Å². The number of rotatable bonds is 1. The van der Waals surface area contributed by atoms with Gasteiger partial charge < -0.3 is 5.32 Å². The molecule has 0 unspecified atom stereocenters. The first kappa shape index (κ1) is 12.6. The number of nitriles is 1. The number of Topliss-reactive ketones (excluding diaryl/α,β-unsaturated/α-hetero) is 1. The lowest BCUT2D eigenvalue weighted by atomic mass is 9.76. The fourth-order valence-corrected chi connectivity index (χ4v) is 3.01. The predicted octanol–water partition coefficient (Wildman–Crippen LogP) is 2.57. The molecule has 0 fully saturated rings. The molecular formula is C16H15N3O. The lowest BCUT2D eigenvalue weighted by Crippen LogP contribution is -2.31. The maximum atomic E-state index is 12.3. The van der Waals surface area contributed by atoms with Crippen molar-refractivity contribution >= 4 is 5.78 Å². The van der Waals surface area contributed by atoms with Crippen molar-refractivity contribution in [3.8, 4) is 6.07 Å². The van der Waals surface area contributed by atoms with Crippen molar-refractivity contribution in [1.82, 2.24) is 10.3 Å². The number of hydrogen-bond acceptors (Lipinski definition) is 4. The van der Waals surface area contributed by atoms with E-state index in [1.54, 1.807) is 12.4 Å². The molecule has 1 aromatic rings. The first-order valence-electron chi connectivity index (χ1n) is 6.76. The van der Waals surface area contributed by atoms with Crippen LogP contribution in [0.2, 0.25) is 0 Å². The van der Waals surface area contributed by atoms with Gasteiger partial charge in [-0.25, -0.2) is 0 Å². The van der Waals surface area contributed by atoms with Gasteiger partial charge in [-0.15, -0.1) is 0 Å². The first-order chi connectivity index (χ1) is 9.72. The molecule has 1 atom stereocenters. The quantitative estimate of drug-likeness (QED) is 0.847. The molecule has 1 N–H and O–H groups in total. The standard InChI is InChI=1S/C16H15N3O/c1-10-12(8-17)15(11-4-3-7-18-9-11)16-13(19-10)5-2-6-14(16)20/h3-4,7,9,15,19H,2,5-6H2,1H3/t15-/m1/s1. The van der Waals surface area contributed by atoms with Crippen LogP contribution < -0.4 is 5.32 Å². The zero-order valence-electron chi connectivity index (χ0n) is 11.3. The summed E-state index contributed by atoms with van der Waals surface area (Å²) in [6, 6.07) is 6.03. The number of hydrogen-bond donors (Lipinski definition) is 1. The van der Waals surface area contributed by atoms with Crippen LogP contribution in [0.5, 0.6) is 0 Å². The Balaban J connectivity index is 2.18. The summed E-state index contributed by atoms with van der Waals surface area (Å²) in [4.78, 5) is 16.5. The zero-order valence-corrected chi connectivity index (χ0v) is 11.3. The molecule has 20 heavy (non-hydrogen) atoms. The maximum Gasteiger partial charge on any atom is 0.161 e. The molecule has 0 saturated heterocycles. The van der Waals surface area contributed by atoms with E-state index in [2.05, 4.69) is 16.4 Å². The van der Waals surface area contributed by atoms with Gasteiger partial charge in [0, 0.05) is 35.8 Å². The van der Waals surface area contributed by atoms with Gasteiger partial charge in [-0.2, -0.15) is 5.26 Å². The normalized spacial score (nSPS) is 22.2. The average molecular weight is 265 g/mol. The minimum atomic E-state index is -0.266. The van der Waals surface area contributed by atoms with E-state index in [1.807, 2.05) is 19.1 Å². The minimum Gasteiger partial charge on any atom is -0.361 e. The number of nitrogens with zero attached hydrogens (tertiary/aromatic N) is 2. The van der Waals surface area contributed by atoms with Crippen LogP contribution in [0.1, 0.15) is 37.7 Å². The van der Waals surface area contributed by atoms with Gasteiger partial charge >= 0.3 is 0 Å². The molecule has 100 valence electrons. The molecule has 0 aromatic carbocycles. The van der Waals surface area contributed by atoms with E-state index in [0.29, 0.717) is 12.0 Å². The number of nitrogens with one attached hydrogen (secondary N) is 1. The first-order valence-corrected chi connectivity index (χ1v) is 6.76. The third-order valence-electron chi connectivity index (χ3n) is 3.91. The second-order valence-corrected chi connectivity index (χ2v) is 5.16. The monoisotopic (exact) mass is 265 g/mol. The molecule has 2 heterocycles. The van der Waals surface area contributed by atoms with Crippen molar-refractivity contribution in [2.24, 2.45) is 0 Å². The van der Waals surface area contributed by atoms with Crippen molar-refractivity contribution in [2.75, 3.05) is 0 Å². The summed E-state index contributed by atoms with van der Waals surface area (Å²) < 4.78 is 0. The summed E-state index contributed by atoms with van der Waals surface area (Å²) in [5, 5.41) is 12.7. The Bertz CT molecular complexity index is 665. The Morgan fingerprint density at radius 1 is 1.45 bits per heavy atom. The number of aromatic nitrogens is 1. The Labute approximate surface area is 117 Å². The second kappa shape index (κ2) is 4.93. The van der Waals surface area contributed by atoms with Gasteiger partial charge in [-0.3, -0.25) is 9.78 Å². The third-order valence-corrected chi connectivity index (χ3v) is 3.91. The average Bonchev–Trinajstić information content (AvgIpc) is 2.47. The van der Waals surface area contributed by atoms with Crippen LogP contribution in [0.15, 0.2) is 47.1 Å². The van der Waals surface area contributed by atoms with Gasteiger partial charge in [0.1, 0.15) is 0 Å². The number of allylic oxidation sites excluding steroid dienone is 4. The summed E-state index contributed by atoms with van der Waals surface area (Å²) in [6.45, 7) is 1.89. The highest BCUT2D eigenvalue weighted by Gasteiger charge is 2.35. The van der Waals surface area contributed by atoms with Crippen LogP contribution in [0.3, 0.4) is 0 Å². The van der Waals surface area contributed by atoms with Crippen LogP contribution >= 0.6 is 0 Å². The van der Waals surface area contributed by atoms with E-state index in [0.717, 1.165) is 35.4 Å². The van der Waals surface area contributed by atoms with Crippen LogP contribution in [-0.4, -0.2) is 10.8 Å². The molecule has 0 spiro atoms. The zero-order chi connectivity index (χ0) is 14.1. The largest absolute Gasteiger partial charge is 0.361 e. The van der Waals surface area contributed by atoms with E-state index in [-0.39, 0.29) is 11.7 Å². The molecule has 2 aliphatic rings. The second-order valence-electron chi connectivity index (χ2n) is 5.16. The predicted molar refractivity (Wildman–Crippen MR) is 74.3 cm³/mol. The minimum absolute atomic E-state index is 0.146. The van der Waals surface area contributed by atoms with Gasteiger partial charge in [0.15, 0.2) is 5.78 Å². The molecule has 4 heteroatoms. The molecule has 1 aromatic heterocycles. The van der Waals surface area contributed by atoms with Crippen LogP contribution in [0.25, 0.3) is 0 Å². The number of dihydropyridines is 1. The lowest BCUT2D eigenvalue weighted by molar-refractivity contribution is -0.116. The summed E-state index contributed by atoms with van der Waals surface area (Å²) in [5.41, 5.74) is 4.10. The van der Waals surface area contributed by atoms with Crippen LogP contribution in [-0.2, 0) is 4.79 Å². The van der Waals surface area contributed by atoms with Gasteiger partial charge in [-0.1, -0.05) is 6.07 Å². The Kier molecular flexibility index (Phi) is 3.11. The smallest absolute Gasteiger partial charge is 0.161 e. The highest BCUT2D eigenvalue weighted by molar-refractivity contribution is 5.99. The third kappa shape index (κ3) is 1.92. The molecule has 3 rings (SSSR count). The van der Waals surface area contributed by atoms with E-state index < -0.39 is 0 Å². The molecular weight excluding hydrogens is 250 g/mol. The van der Waals surface area contributed by atoms with Crippen molar-refractivity contribution in [3.63, 3.8) is 0 Å². The summed E-state index contributed by atoms with van der Waals surface area (Å²) in [7, 11) is 0. The molecule has 1 aliphatic carbocycles. The highest BCUT2D eigenvalue weighted by Crippen LogP contribution is 2.41. The Morgan fingerprint density at radius 2 is 2.30 bits per heavy atom. The molecule has 0 amide bonds. The molecule has 0 radical (unpaired) electrons. The van der Waals surface area contributed by atoms with Crippen LogP contribution in [0, 0.1) is 11.3 Å². The molecule has 1 aliphatic heterocycles. The number of carbonyl (C=O) groups excluding carboxylic acids is 1. The van der Waals surface area contributed by atoms with E-state index in [9.17, 15) is 10.1 Å². The lowest BCUT2D eigenvalue weighted by Gasteiger charge is -2.32. The van der Waals surface area contributed by atoms with Crippen molar-refractivity contribution in [3.05, 3.63) is 52.6 Å². The molecule has 0 saturated carbocycles. The van der Waals surface area contributed by atoms with Gasteiger partial charge in [0.05, 0.1) is 17.6 Å². The Hall–Kier alpha value is -2.41. The van der Waals surface area contributed by atoms with Gasteiger partial charge in [0.25, 0.3) is 0 Å². The van der Waals surface area contributed by atoms with E-state index >= 15 is 0 Å². The number of ketones is 1. The summed E-state index contributed by atoms with van der Waals surface area (Å²) in [5.74, 6) is -0.120. The van der Waals surface area contributed by atoms with Crippen molar-refractivity contribution in [1.29, 1.82) is 5.26 Å². The summed E-state index contributed by atoms with van der Waals surface area (Å²) in [6.07, 6.45) is 5.75.